The molecular weight excluding hydrogens is 446 g/mol. The largest absolute Gasteiger partial charge is 0.486 e. The average molecular weight is 460 g/mol. The quantitative estimate of drug-likeness (QED) is 0.324. The van der Waals surface area contributed by atoms with Crippen molar-refractivity contribution in [1.29, 1.82) is 0 Å². The van der Waals surface area contributed by atoms with Crippen LogP contribution in [-0.4, -0.2) is 15.2 Å². The van der Waals surface area contributed by atoms with Crippen molar-refractivity contribution in [2.24, 2.45) is 0 Å². The first-order valence-corrected chi connectivity index (χ1v) is 10.8. The highest BCUT2D eigenvalue weighted by Crippen LogP contribution is 2.27. The van der Waals surface area contributed by atoms with E-state index in [1.165, 1.54) is 11.8 Å². The van der Waals surface area contributed by atoms with Gasteiger partial charge in [-0.2, -0.15) is 0 Å². The minimum Gasteiger partial charge on any atom is -0.486 e. The van der Waals surface area contributed by atoms with Crippen molar-refractivity contribution in [2.45, 2.75) is 17.6 Å². The van der Waals surface area contributed by atoms with E-state index in [1.807, 2.05) is 60.0 Å². The third-order valence-corrected chi connectivity index (χ3v) is 5.80. The summed E-state index contributed by atoms with van der Waals surface area (Å²) in [6.07, 6.45) is 0. The highest BCUT2D eigenvalue weighted by atomic mass is 79.9. The molecule has 136 valence electrons. The standard InChI is InChI=1S/C19H14BrN3O2S2/c20-14-8-6-13(7-9-14)18-22-23-19(25-18)27-12-15-11-26-17(21-15)10-24-16-4-2-1-3-5-16/h1-9,11H,10,12H2. The minimum atomic E-state index is 0.466. The molecule has 5 nitrogen and oxygen atoms in total. The summed E-state index contributed by atoms with van der Waals surface area (Å²) < 4.78 is 12.5. The lowest BCUT2D eigenvalue weighted by molar-refractivity contribution is 0.305. The third kappa shape index (κ3) is 4.97. The fraction of sp³-hybridized carbons (Fsp3) is 0.105. The van der Waals surface area contributed by atoms with Crippen LogP contribution < -0.4 is 4.74 Å². The Morgan fingerprint density at radius 2 is 1.85 bits per heavy atom. The first kappa shape index (κ1) is 18.2. The summed E-state index contributed by atoms with van der Waals surface area (Å²) in [5.74, 6) is 2.03. The van der Waals surface area contributed by atoms with Crippen LogP contribution in [0.25, 0.3) is 11.5 Å². The van der Waals surface area contributed by atoms with Crippen molar-refractivity contribution < 1.29 is 9.15 Å². The van der Waals surface area contributed by atoms with E-state index in [1.54, 1.807) is 11.3 Å². The van der Waals surface area contributed by atoms with Gasteiger partial charge in [-0.1, -0.05) is 45.9 Å². The topological polar surface area (TPSA) is 61.0 Å². The van der Waals surface area contributed by atoms with Crippen LogP contribution in [0.2, 0.25) is 0 Å². The molecule has 2 aromatic carbocycles. The van der Waals surface area contributed by atoms with Crippen LogP contribution in [0.3, 0.4) is 0 Å². The number of rotatable bonds is 7. The molecule has 0 bridgehead atoms. The van der Waals surface area contributed by atoms with Crippen molar-refractivity contribution in [3.8, 4) is 17.2 Å². The number of halogens is 1. The molecule has 0 unspecified atom stereocenters. The SMILES string of the molecule is Brc1ccc(-c2nnc(SCc3csc(COc4ccccc4)n3)o2)cc1. The Hall–Kier alpha value is -2.16. The molecule has 0 N–H and O–H groups in total. The summed E-state index contributed by atoms with van der Waals surface area (Å²) >= 11 is 6.48. The minimum absolute atomic E-state index is 0.466. The molecule has 0 aliphatic rings. The molecule has 0 atom stereocenters. The molecule has 0 saturated heterocycles. The van der Waals surface area contributed by atoms with Gasteiger partial charge in [-0.25, -0.2) is 4.98 Å². The molecule has 4 aromatic rings. The number of ether oxygens (including phenoxy) is 1. The third-order valence-electron chi connectivity index (χ3n) is 3.55. The van der Waals surface area contributed by atoms with Gasteiger partial charge in [0.05, 0.1) is 5.69 Å². The number of hydrogen-bond acceptors (Lipinski definition) is 7. The number of hydrogen-bond donors (Lipinski definition) is 0. The van der Waals surface area contributed by atoms with Gasteiger partial charge in [0.2, 0.25) is 5.89 Å². The summed E-state index contributed by atoms with van der Waals surface area (Å²) in [6, 6.07) is 17.5. The predicted molar refractivity (Wildman–Crippen MR) is 110 cm³/mol. The predicted octanol–water partition coefficient (Wildman–Crippen LogP) is 5.83. The van der Waals surface area contributed by atoms with Crippen LogP contribution in [0.15, 0.2) is 74.1 Å². The second kappa shape index (κ2) is 8.69. The van der Waals surface area contributed by atoms with Crippen molar-refractivity contribution in [1.82, 2.24) is 15.2 Å². The van der Waals surface area contributed by atoms with Gasteiger partial charge in [-0.05, 0) is 36.4 Å². The van der Waals surface area contributed by atoms with Crippen molar-refractivity contribution in [3.05, 3.63) is 75.2 Å². The van der Waals surface area contributed by atoms with Gasteiger partial charge in [-0.3, -0.25) is 0 Å². The zero-order chi connectivity index (χ0) is 18.5. The Bertz CT molecular complexity index is 1000. The summed E-state index contributed by atoms with van der Waals surface area (Å²) in [5, 5.41) is 11.7. The van der Waals surface area contributed by atoms with E-state index in [0.717, 1.165) is 26.5 Å². The molecule has 0 aliphatic carbocycles. The molecule has 2 heterocycles. The van der Waals surface area contributed by atoms with E-state index in [2.05, 4.69) is 31.1 Å². The second-order valence-corrected chi connectivity index (χ2v) is 8.29. The Kier molecular flexibility index (Phi) is 5.86. The van der Waals surface area contributed by atoms with Crippen LogP contribution in [0.1, 0.15) is 10.7 Å². The molecule has 0 amide bonds. The van der Waals surface area contributed by atoms with Gasteiger partial charge in [0.15, 0.2) is 0 Å². The maximum atomic E-state index is 5.73. The molecule has 0 spiro atoms. The molecule has 0 aliphatic heterocycles. The van der Waals surface area contributed by atoms with E-state index in [9.17, 15) is 0 Å². The molecule has 0 fully saturated rings. The van der Waals surface area contributed by atoms with Crippen molar-refractivity contribution >= 4 is 39.0 Å². The molecule has 0 saturated carbocycles. The highest BCUT2D eigenvalue weighted by Gasteiger charge is 2.11. The van der Waals surface area contributed by atoms with Crippen LogP contribution in [-0.2, 0) is 12.4 Å². The van der Waals surface area contributed by atoms with Crippen molar-refractivity contribution in [2.75, 3.05) is 0 Å². The fourth-order valence-corrected chi connectivity index (χ4v) is 3.99. The Balaban J connectivity index is 1.32. The molecule has 4 rings (SSSR count). The number of thioether (sulfide) groups is 1. The molecule has 0 radical (unpaired) electrons. The second-order valence-electron chi connectivity index (χ2n) is 5.50. The van der Waals surface area contributed by atoms with Crippen LogP contribution >= 0.6 is 39.0 Å². The molecule has 27 heavy (non-hydrogen) atoms. The number of para-hydroxylation sites is 1. The lowest BCUT2D eigenvalue weighted by Gasteiger charge is -2.02. The first-order valence-electron chi connectivity index (χ1n) is 8.09. The summed E-state index contributed by atoms with van der Waals surface area (Å²) in [6.45, 7) is 0.466. The number of nitrogens with zero attached hydrogens (tertiary/aromatic N) is 3. The van der Waals surface area contributed by atoms with Gasteiger partial charge in [-0.15, -0.1) is 21.5 Å². The van der Waals surface area contributed by atoms with Crippen LogP contribution in [0, 0.1) is 0 Å². The summed E-state index contributed by atoms with van der Waals surface area (Å²) in [5.41, 5.74) is 1.87. The van der Waals surface area contributed by atoms with E-state index in [-0.39, 0.29) is 0 Å². The van der Waals surface area contributed by atoms with Gasteiger partial charge in [0, 0.05) is 21.2 Å². The van der Waals surface area contributed by atoms with Crippen molar-refractivity contribution in [3.63, 3.8) is 0 Å². The Morgan fingerprint density at radius 1 is 1.04 bits per heavy atom. The number of thiazole rings is 1. The van der Waals surface area contributed by atoms with Gasteiger partial charge < -0.3 is 9.15 Å². The highest BCUT2D eigenvalue weighted by molar-refractivity contribution is 9.10. The monoisotopic (exact) mass is 459 g/mol. The van der Waals surface area contributed by atoms with E-state index >= 15 is 0 Å². The Labute approximate surface area is 172 Å². The smallest absolute Gasteiger partial charge is 0.277 e. The number of aromatic nitrogens is 3. The summed E-state index contributed by atoms with van der Waals surface area (Å²) in [4.78, 5) is 4.59. The zero-order valence-corrected chi connectivity index (χ0v) is 17.3. The maximum absolute atomic E-state index is 5.73. The van der Waals surface area contributed by atoms with Crippen LogP contribution in [0.4, 0.5) is 0 Å². The fourth-order valence-electron chi connectivity index (χ4n) is 2.26. The molecule has 2 aromatic heterocycles. The lowest BCUT2D eigenvalue weighted by atomic mass is 10.2. The zero-order valence-electron chi connectivity index (χ0n) is 14.0. The maximum Gasteiger partial charge on any atom is 0.277 e. The summed E-state index contributed by atoms with van der Waals surface area (Å²) in [7, 11) is 0. The van der Waals surface area contributed by atoms with Gasteiger partial charge >= 0.3 is 0 Å². The van der Waals surface area contributed by atoms with E-state index < -0.39 is 0 Å². The molecular formula is C19H14BrN3O2S2. The average Bonchev–Trinajstić information content (AvgIpc) is 3.36. The number of benzene rings is 2. The first-order chi connectivity index (χ1) is 13.3. The van der Waals surface area contributed by atoms with Gasteiger partial charge in [0.25, 0.3) is 5.22 Å². The van der Waals surface area contributed by atoms with E-state index in [0.29, 0.717) is 23.5 Å². The lowest BCUT2D eigenvalue weighted by Crippen LogP contribution is -1.94. The van der Waals surface area contributed by atoms with E-state index in [4.69, 9.17) is 9.15 Å². The van der Waals surface area contributed by atoms with Gasteiger partial charge in [0.1, 0.15) is 17.4 Å². The van der Waals surface area contributed by atoms with Crippen LogP contribution in [0.5, 0.6) is 5.75 Å². The normalized spacial score (nSPS) is 10.9. The molecule has 8 heteroatoms. The Morgan fingerprint density at radius 3 is 2.67 bits per heavy atom.